The molecule has 7 nitrogen and oxygen atoms in total. The molecular weight excluding hydrogens is 414 g/mol. The summed E-state index contributed by atoms with van der Waals surface area (Å²) in [7, 11) is 0. The van der Waals surface area contributed by atoms with Gasteiger partial charge < -0.3 is 14.6 Å². The van der Waals surface area contributed by atoms with Crippen molar-refractivity contribution in [2.24, 2.45) is 0 Å². The van der Waals surface area contributed by atoms with Gasteiger partial charge in [0, 0.05) is 6.42 Å². The second-order valence-corrected chi connectivity index (χ2v) is 7.65. The first-order chi connectivity index (χ1) is 15.1. The van der Waals surface area contributed by atoms with Gasteiger partial charge in [0.25, 0.3) is 0 Å². The van der Waals surface area contributed by atoms with Crippen molar-refractivity contribution in [3.05, 3.63) is 70.4 Å². The Morgan fingerprint density at radius 1 is 1.13 bits per heavy atom. The van der Waals surface area contributed by atoms with Gasteiger partial charge >= 0.3 is 5.97 Å². The lowest BCUT2D eigenvalue weighted by Gasteiger charge is -2.13. The molecule has 0 aliphatic rings. The number of nitrogens with zero attached hydrogens (tertiary/aromatic N) is 2. The number of nitrogens with one attached hydrogen (secondary N) is 1. The molecule has 8 heteroatoms. The molecule has 0 spiro atoms. The van der Waals surface area contributed by atoms with Crippen molar-refractivity contribution in [3.8, 4) is 11.5 Å². The molecule has 1 aromatic heterocycles. The molecule has 0 bridgehead atoms. The summed E-state index contributed by atoms with van der Waals surface area (Å²) in [5.41, 5.74) is 1.73. The van der Waals surface area contributed by atoms with Crippen LogP contribution in [0.2, 0.25) is 0 Å². The van der Waals surface area contributed by atoms with Gasteiger partial charge in [0.05, 0.1) is 6.61 Å². The Kier molecular flexibility index (Phi) is 8.12. The zero-order valence-corrected chi connectivity index (χ0v) is 18.3. The van der Waals surface area contributed by atoms with Crippen LogP contribution in [-0.2, 0) is 17.8 Å². The number of hydrogen-bond acceptors (Lipinski definition) is 6. The van der Waals surface area contributed by atoms with Crippen LogP contribution in [0.1, 0.15) is 37.2 Å². The Morgan fingerprint density at radius 3 is 2.65 bits per heavy atom. The van der Waals surface area contributed by atoms with Crippen LogP contribution in [0.15, 0.2) is 58.6 Å². The zero-order chi connectivity index (χ0) is 22.1. The number of H-pyrrole nitrogens is 1. The standard InChI is InChI=1S/C23H25N3O4S/c1-3-8-21-24-23(26-25-21)31-20(22(27)28)14-17-11-12-18(19(13-17)29-4-2)30-15-16-9-6-5-7-10-16/h5-7,9-14H,3-4,8,15H2,1-2H3,(H,27,28)(H,24,25,26)/b20-14-. The summed E-state index contributed by atoms with van der Waals surface area (Å²) in [6.07, 6.45) is 3.27. The van der Waals surface area contributed by atoms with Crippen molar-refractivity contribution in [3.63, 3.8) is 0 Å². The molecule has 0 saturated heterocycles. The number of carbonyl (C=O) groups is 1. The fourth-order valence-electron chi connectivity index (χ4n) is 2.79. The quantitative estimate of drug-likeness (QED) is 0.322. The number of aryl methyl sites for hydroxylation is 1. The number of carboxylic acid groups (broad SMARTS) is 1. The summed E-state index contributed by atoms with van der Waals surface area (Å²) in [5, 5.41) is 16.9. The maximum atomic E-state index is 11.8. The lowest BCUT2D eigenvalue weighted by atomic mass is 10.2. The van der Waals surface area contributed by atoms with Crippen LogP contribution in [0.4, 0.5) is 0 Å². The predicted molar refractivity (Wildman–Crippen MR) is 120 cm³/mol. The van der Waals surface area contributed by atoms with E-state index >= 15 is 0 Å². The molecule has 0 fully saturated rings. The van der Waals surface area contributed by atoms with Gasteiger partial charge in [-0.25, -0.2) is 9.78 Å². The zero-order valence-electron chi connectivity index (χ0n) is 17.5. The molecule has 1 heterocycles. The van der Waals surface area contributed by atoms with Crippen LogP contribution in [-0.4, -0.2) is 32.9 Å². The summed E-state index contributed by atoms with van der Waals surface area (Å²) < 4.78 is 11.6. The average molecular weight is 440 g/mol. The van der Waals surface area contributed by atoms with Crippen molar-refractivity contribution in [2.75, 3.05) is 6.61 Å². The molecule has 0 aliphatic carbocycles. The van der Waals surface area contributed by atoms with Gasteiger partial charge in [0.15, 0.2) is 11.5 Å². The fourth-order valence-corrected chi connectivity index (χ4v) is 3.52. The third-order valence-electron chi connectivity index (χ3n) is 4.21. The molecule has 0 atom stereocenters. The summed E-state index contributed by atoms with van der Waals surface area (Å²) in [6, 6.07) is 15.2. The molecule has 0 amide bonds. The molecule has 31 heavy (non-hydrogen) atoms. The third-order valence-corrected chi connectivity index (χ3v) is 5.09. The van der Waals surface area contributed by atoms with Crippen LogP contribution in [0.5, 0.6) is 11.5 Å². The van der Waals surface area contributed by atoms with Crippen molar-refractivity contribution >= 4 is 23.8 Å². The number of carboxylic acids is 1. The highest BCUT2D eigenvalue weighted by atomic mass is 32.2. The van der Waals surface area contributed by atoms with E-state index in [1.165, 1.54) is 0 Å². The van der Waals surface area contributed by atoms with Gasteiger partial charge in [-0.15, -0.1) is 5.10 Å². The molecule has 0 radical (unpaired) electrons. The molecule has 2 aromatic carbocycles. The van der Waals surface area contributed by atoms with Crippen LogP contribution >= 0.6 is 11.8 Å². The van der Waals surface area contributed by atoms with Crippen LogP contribution in [0, 0.1) is 0 Å². The van der Waals surface area contributed by atoms with E-state index in [1.54, 1.807) is 24.3 Å². The lowest BCUT2D eigenvalue weighted by Crippen LogP contribution is -2.00. The maximum Gasteiger partial charge on any atom is 0.342 e. The molecule has 2 N–H and O–H groups in total. The maximum absolute atomic E-state index is 11.8. The monoisotopic (exact) mass is 439 g/mol. The Balaban J connectivity index is 1.79. The first kappa shape index (κ1) is 22.4. The second-order valence-electron chi connectivity index (χ2n) is 6.64. The van der Waals surface area contributed by atoms with Gasteiger partial charge in [0.1, 0.15) is 17.3 Å². The molecule has 3 rings (SSSR count). The van der Waals surface area contributed by atoms with Gasteiger partial charge in [-0.05, 0) is 54.4 Å². The number of benzene rings is 2. The van der Waals surface area contributed by atoms with E-state index in [0.717, 1.165) is 36.0 Å². The number of aliphatic carboxylic acids is 1. The van der Waals surface area contributed by atoms with E-state index < -0.39 is 5.97 Å². The Hall–Kier alpha value is -3.26. The van der Waals surface area contributed by atoms with Crippen molar-refractivity contribution in [1.29, 1.82) is 0 Å². The van der Waals surface area contributed by atoms with E-state index in [0.29, 0.717) is 35.4 Å². The summed E-state index contributed by atoms with van der Waals surface area (Å²) in [4.78, 5) is 16.2. The number of aromatic nitrogens is 3. The van der Waals surface area contributed by atoms with Crippen LogP contribution in [0.3, 0.4) is 0 Å². The molecular formula is C23H25N3O4S. The number of rotatable bonds is 11. The largest absolute Gasteiger partial charge is 0.490 e. The topological polar surface area (TPSA) is 97.3 Å². The van der Waals surface area contributed by atoms with E-state index in [2.05, 4.69) is 15.2 Å². The van der Waals surface area contributed by atoms with Gasteiger partial charge in [0.2, 0.25) is 5.16 Å². The second kappa shape index (κ2) is 11.2. The van der Waals surface area contributed by atoms with Crippen LogP contribution in [0.25, 0.3) is 6.08 Å². The number of hydrogen-bond donors (Lipinski definition) is 2. The average Bonchev–Trinajstić information content (AvgIpc) is 3.21. The molecule has 3 aromatic rings. The number of aromatic amines is 1. The molecule has 0 unspecified atom stereocenters. The highest BCUT2D eigenvalue weighted by molar-refractivity contribution is 8.04. The predicted octanol–water partition coefficient (Wildman–Crippen LogP) is 4.95. The first-order valence-electron chi connectivity index (χ1n) is 10.1. The lowest BCUT2D eigenvalue weighted by molar-refractivity contribution is -0.131. The summed E-state index contributed by atoms with van der Waals surface area (Å²) in [6.45, 7) is 4.81. The number of thioether (sulfide) groups is 1. The van der Waals surface area contributed by atoms with E-state index in [-0.39, 0.29) is 4.91 Å². The molecule has 0 saturated carbocycles. The molecule has 0 aliphatic heterocycles. The Morgan fingerprint density at radius 2 is 1.94 bits per heavy atom. The minimum absolute atomic E-state index is 0.113. The third kappa shape index (κ3) is 6.62. The Labute approximate surface area is 185 Å². The SMILES string of the molecule is CCCc1nc(S/C(=C\c2ccc(OCc3ccccc3)c(OCC)c2)C(=O)O)n[nH]1. The van der Waals surface area contributed by atoms with Gasteiger partial charge in [-0.2, -0.15) is 0 Å². The molecule has 162 valence electrons. The summed E-state index contributed by atoms with van der Waals surface area (Å²) >= 11 is 1.01. The van der Waals surface area contributed by atoms with Crippen molar-refractivity contribution < 1.29 is 19.4 Å². The van der Waals surface area contributed by atoms with E-state index in [1.807, 2.05) is 44.2 Å². The summed E-state index contributed by atoms with van der Waals surface area (Å²) in [5.74, 6) is 0.859. The number of ether oxygens (including phenoxy) is 2. The van der Waals surface area contributed by atoms with Crippen molar-refractivity contribution in [2.45, 2.75) is 38.5 Å². The van der Waals surface area contributed by atoms with Crippen molar-refractivity contribution in [1.82, 2.24) is 15.2 Å². The fraction of sp³-hybridized carbons (Fsp3) is 0.261. The highest BCUT2D eigenvalue weighted by Gasteiger charge is 2.15. The Bertz CT molecular complexity index is 1030. The van der Waals surface area contributed by atoms with E-state index in [4.69, 9.17) is 9.47 Å². The minimum atomic E-state index is -1.05. The smallest absolute Gasteiger partial charge is 0.342 e. The first-order valence-corrected chi connectivity index (χ1v) is 10.9. The highest BCUT2D eigenvalue weighted by Crippen LogP contribution is 2.32. The minimum Gasteiger partial charge on any atom is -0.490 e. The van der Waals surface area contributed by atoms with Crippen LogP contribution < -0.4 is 9.47 Å². The normalized spacial score (nSPS) is 11.4. The van der Waals surface area contributed by atoms with Gasteiger partial charge in [-0.3, -0.25) is 5.10 Å². The van der Waals surface area contributed by atoms with E-state index in [9.17, 15) is 9.90 Å². The van der Waals surface area contributed by atoms with Gasteiger partial charge in [-0.1, -0.05) is 43.3 Å².